The smallest absolute Gasteiger partial charge is 0.333 e. The highest BCUT2D eigenvalue weighted by molar-refractivity contribution is 5.42. The maximum absolute atomic E-state index is 12.1. The van der Waals surface area contributed by atoms with Crippen molar-refractivity contribution in [3.05, 3.63) is 58.3 Å². The van der Waals surface area contributed by atoms with Gasteiger partial charge in [-0.25, -0.2) is 14.3 Å². The Morgan fingerprint density at radius 1 is 1.23 bits per heavy atom. The summed E-state index contributed by atoms with van der Waals surface area (Å²) in [6.45, 7) is 5.73. The van der Waals surface area contributed by atoms with E-state index < -0.39 is 5.69 Å². The minimum Gasteiger partial charge on any atom is -0.496 e. The van der Waals surface area contributed by atoms with Crippen LogP contribution in [0, 0.1) is 6.92 Å². The fraction of sp³-hybridized carbons (Fsp3) is 0.263. The number of benzene rings is 1. The molecule has 0 radical (unpaired) electrons. The third kappa shape index (κ3) is 3.28. The van der Waals surface area contributed by atoms with Crippen molar-refractivity contribution in [3.63, 3.8) is 0 Å². The first-order valence-electron chi connectivity index (χ1n) is 8.23. The molecule has 7 nitrogen and oxygen atoms in total. The first kappa shape index (κ1) is 17.6. The zero-order chi connectivity index (χ0) is 18.8. The summed E-state index contributed by atoms with van der Waals surface area (Å²) in [7, 11) is 1.60. The van der Waals surface area contributed by atoms with Crippen LogP contribution >= 0.6 is 0 Å². The van der Waals surface area contributed by atoms with E-state index in [1.54, 1.807) is 25.3 Å². The lowest BCUT2D eigenvalue weighted by Gasteiger charge is -2.09. The number of rotatable bonds is 5. The Morgan fingerprint density at radius 2 is 2.00 bits per heavy atom. The van der Waals surface area contributed by atoms with E-state index >= 15 is 0 Å². The van der Waals surface area contributed by atoms with Crippen LogP contribution in [0.1, 0.15) is 31.0 Å². The fourth-order valence-electron chi connectivity index (χ4n) is 2.64. The van der Waals surface area contributed by atoms with E-state index in [0.717, 1.165) is 11.3 Å². The zero-order valence-corrected chi connectivity index (χ0v) is 15.1. The van der Waals surface area contributed by atoms with Gasteiger partial charge in [-0.1, -0.05) is 19.9 Å². The number of aromatic amines is 1. The van der Waals surface area contributed by atoms with Crippen LogP contribution in [0.4, 0.5) is 0 Å². The molecule has 1 aromatic carbocycles. The highest BCUT2D eigenvalue weighted by atomic mass is 16.5. The number of methoxy groups -OCH3 is 1. The third-order valence-corrected chi connectivity index (χ3v) is 4.06. The molecule has 2 aromatic heterocycles. The summed E-state index contributed by atoms with van der Waals surface area (Å²) in [6.07, 6.45) is 1.47. The van der Waals surface area contributed by atoms with Crippen LogP contribution in [0.5, 0.6) is 23.3 Å². The summed E-state index contributed by atoms with van der Waals surface area (Å²) in [5.41, 5.74) is 1.53. The zero-order valence-electron chi connectivity index (χ0n) is 15.1. The average molecular weight is 355 g/mol. The van der Waals surface area contributed by atoms with E-state index in [9.17, 15) is 9.90 Å². The van der Waals surface area contributed by atoms with E-state index in [0.29, 0.717) is 23.0 Å². The van der Waals surface area contributed by atoms with Crippen molar-refractivity contribution in [2.24, 2.45) is 0 Å². The Labute approximate surface area is 150 Å². The number of imidazole rings is 1. The molecular weight excluding hydrogens is 334 g/mol. The largest absolute Gasteiger partial charge is 0.496 e. The molecule has 0 saturated heterocycles. The molecule has 0 spiro atoms. The molecule has 0 saturated carbocycles. The summed E-state index contributed by atoms with van der Waals surface area (Å²) in [4.78, 5) is 19.0. The van der Waals surface area contributed by atoms with E-state index in [4.69, 9.17) is 9.47 Å². The van der Waals surface area contributed by atoms with Gasteiger partial charge >= 0.3 is 5.69 Å². The highest BCUT2D eigenvalue weighted by Crippen LogP contribution is 2.28. The van der Waals surface area contributed by atoms with Crippen molar-refractivity contribution < 1.29 is 14.6 Å². The molecule has 0 fully saturated rings. The molecule has 0 bridgehead atoms. The lowest BCUT2D eigenvalue weighted by atomic mass is 10.1. The molecule has 0 aliphatic carbocycles. The van der Waals surface area contributed by atoms with Gasteiger partial charge in [0.2, 0.25) is 11.8 Å². The predicted octanol–water partition coefficient (Wildman–Crippen LogP) is 3.50. The lowest BCUT2D eigenvalue weighted by molar-refractivity contribution is 0.404. The molecule has 2 heterocycles. The predicted molar refractivity (Wildman–Crippen MR) is 97.7 cm³/mol. The number of nitrogens with zero attached hydrogens (tertiary/aromatic N) is 2. The minimum atomic E-state index is -0.412. The van der Waals surface area contributed by atoms with Gasteiger partial charge in [-0.3, -0.25) is 0 Å². The number of hydrogen-bond donors (Lipinski definition) is 2. The molecule has 2 N–H and O–H groups in total. The van der Waals surface area contributed by atoms with Gasteiger partial charge in [0, 0.05) is 12.1 Å². The number of aryl methyl sites for hydroxylation is 1. The second-order valence-electron chi connectivity index (χ2n) is 6.25. The number of nitrogens with one attached hydrogen (secondary N) is 1. The van der Waals surface area contributed by atoms with Crippen molar-refractivity contribution in [2.45, 2.75) is 26.7 Å². The number of hydrogen-bond acceptors (Lipinski definition) is 5. The topological polar surface area (TPSA) is 89.4 Å². The van der Waals surface area contributed by atoms with Crippen molar-refractivity contribution in [2.75, 3.05) is 7.11 Å². The fourth-order valence-corrected chi connectivity index (χ4v) is 2.64. The molecule has 136 valence electrons. The number of pyridine rings is 1. The molecular formula is C19H21N3O4. The maximum atomic E-state index is 12.1. The molecule has 0 aliphatic rings. The normalized spacial score (nSPS) is 11.0. The molecule has 7 heteroatoms. The van der Waals surface area contributed by atoms with Gasteiger partial charge in [0.1, 0.15) is 11.5 Å². The SMILES string of the molecule is COc1cc(Oc2ccc(-n3c(O)c(C(C)C)[nH]c3=O)cn2)ccc1C. The Hall–Kier alpha value is -3.22. The van der Waals surface area contributed by atoms with Crippen LogP contribution < -0.4 is 15.2 Å². The Balaban J connectivity index is 1.87. The van der Waals surface area contributed by atoms with Crippen molar-refractivity contribution >= 4 is 0 Å². The monoisotopic (exact) mass is 355 g/mol. The Kier molecular flexibility index (Phi) is 4.71. The molecule has 0 atom stereocenters. The minimum absolute atomic E-state index is 0.00367. The summed E-state index contributed by atoms with van der Waals surface area (Å²) >= 11 is 0. The van der Waals surface area contributed by atoms with Crippen LogP contribution in [0.2, 0.25) is 0 Å². The van der Waals surface area contributed by atoms with Crippen LogP contribution in [-0.2, 0) is 0 Å². The van der Waals surface area contributed by atoms with Crippen LogP contribution in [0.25, 0.3) is 5.69 Å². The second kappa shape index (κ2) is 6.95. The van der Waals surface area contributed by atoms with Crippen molar-refractivity contribution in [1.82, 2.24) is 14.5 Å². The van der Waals surface area contributed by atoms with Crippen molar-refractivity contribution in [3.8, 4) is 28.9 Å². The summed E-state index contributed by atoms with van der Waals surface area (Å²) in [5.74, 6) is 1.58. The summed E-state index contributed by atoms with van der Waals surface area (Å²) in [6, 6.07) is 8.79. The van der Waals surface area contributed by atoms with E-state index in [1.165, 1.54) is 10.8 Å². The standard InChI is InChI=1S/C19H21N3O4/c1-11(2)17-18(23)22(19(24)21-17)13-6-8-16(20-10-13)26-14-7-5-12(3)15(9-14)25-4/h5-11,23H,1-4H3,(H,21,24). The summed E-state index contributed by atoms with van der Waals surface area (Å²) < 4.78 is 12.2. The van der Waals surface area contributed by atoms with E-state index in [-0.39, 0.29) is 11.8 Å². The van der Waals surface area contributed by atoms with E-state index in [2.05, 4.69) is 9.97 Å². The van der Waals surface area contributed by atoms with Gasteiger partial charge in [0.25, 0.3) is 0 Å². The number of ether oxygens (including phenoxy) is 2. The van der Waals surface area contributed by atoms with Gasteiger partial charge in [-0.15, -0.1) is 0 Å². The maximum Gasteiger partial charge on any atom is 0.333 e. The first-order valence-corrected chi connectivity index (χ1v) is 8.23. The van der Waals surface area contributed by atoms with Gasteiger partial charge in [0.15, 0.2) is 0 Å². The third-order valence-electron chi connectivity index (χ3n) is 4.06. The molecule has 0 unspecified atom stereocenters. The van der Waals surface area contributed by atoms with Gasteiger partial charge < -0.3 is 19.6 Å². The molecule has 26 heavy (non-hydrogen) atoms. The van der Waals surface area contributed by atoms with Crippen LogP contribution in [0.3, 0.4) is 0 Å². The molecule has 0 aliphatic heterocycles. The van der Waals surface area contributed by atoms with Crippen LogP contribution in [0.15, 0.2) is 41.3 Å². The number of aromatic hydroxyl groups is 1. The average Bonchev–Trinajstić information content (AvgIpc) is 2.92. The summed E-state index contributed by atoms with van der Waals surface area (Å²) in [5, 5.41) is 10.3. The van der Waals surface area contributed by atoms with Crippen molar-refractivity contribution in [1.29, 1.82) is 0 Å². The second-order valence-corrected chi connectivity index (χ2v) is 6.25. The Bertz CT molecular complexity index is 971. The number of aromatic nitrogens is 3. The molecule has 3 rings (SSSR count). The lowest BCUT2D eigenvalue weighted by Crippen LogP contribution is -2.14. The quantitative estimate of drug-likeness (QED) is 0.731. The Morgan fingerprint density at radius 3 is 2.58 bits per heavy atom. The molecule has 3 aromatic rings. The van der Waals surface area contributed by atoms with Gasteiger partial charge in [-0.2, -0.15) is 0 Å². The highest BCUT2D eigenvalue weighted by Gasteiger charge is 2.17. The van der Waals surface area contributed by atoms with Gasteiger partial charge in [0.05, 0.1) is 24.7 Å². The molecule has 0 amide bonds. The number of H-pyrrole nitrogens is 1. The van der Waals surface area contributed by atoms with E-state index in [1.807, 2.05) is 32.9 Å². The van der Waals surface area contributed by atoms with Crippen LogP contribution in [-0.4, -0.2) is 26.8 Å². The van der Waals surface area contributed by atoms with Gasteiger partial charge in [-0.05, 0) is 30.5 Å². The first-order chi connectivity index (χ1) is 12.4.